The van der Waals surface area contributed by atoms with Gasteiger partial charge in [0.1, 0.15) is 0 Å². The van der Waals surface area contributed by atoms with Crippen molar-refractivity contribution in [1.82, 2.24) is 29.6 Å². The Hall–Kier alpha value is -4.43. The molecule has 0 saturated heterocycles. The second kappa shape index (κ2) is 10.9. The van der Waals surface area contributed by atoms with E-state index in [4.69, 9.17) is 23.1 Å². The molecule has 1 aromatic carbocycles. The van der Waals surface area contributed by atoms with Crippen LogP contribution in [0, 0.1) is 0 Å². The predicted molar refractivity (Wildman–Crippen MR) is 145 cm³/mol. The third-order valence-corrected chi connectivity index (χ3v) is 7.05. The molecule has 3 aromatic heterocycles. The largest absolute Gasteiger partial charge is 0.435 e. The van der Waals surface area contributed by atoms with E-state index in [9.17, 15) is 22.8 Å². The van der Waals surface area contributed by atoms with Gasteiger partial charge in [0.25, 0.3) is 11.8 Å². The van der Waals surface area contributed by atoms with E-state index in [1.54, 1.807) is 0 Å². The maximum Gasteiger partial charge on any atom is 0.435 e. The molecule has 41 heavy (non-hydrogen) atoms. The number of nitrogens with one attached hydrogen (secondary N) is 2. The van der Waals surface area contributed by atoms with Crippen LogP contribution in [0.4, 0.5) is 24.5 Å². The number of nitrogen functional groups attached to an aromatic ring is 1. The molecule has 2 amide bonds. The summed E-state index contributed by atoms with van der Waals surface area (Å²) in [6.45, 7) is 0. The first-order chi connectivity index (χ1) is 19.4. The summed E-state index contributed by atoms with van der Waals surface area (Å²) in [5, 5.41) is 9.31. The standard InChI is InChI=1S/C26H25ClF3N9O2/c1-38-20(18-12-39(37-22(18)26(28,29)30)21-7-3-14(32)10-33-21)11-34-23(38)25(41)36-16-5-6-17(19(27)9-16)24(40)35-15-4-2-13(31)8-15/h3,5-7,9-13,15H,2,4,8,31-32H2,1H3,(H,35,40)(H,36,41)/t13-,15-/m1/s1. The predicted octanol–water partition coefficient (Wildman–Crippen LogP) is 3.78. The Balaban J connectivity index is 1.36. The summed E-state index contributed by atoms with van der Waals surface area (Å²) in [7, 11) is 1.41. The average molecular weight is 588 g/mol. The number of rotatable bonds is 6. The maximum absolute atomic E-state index is 13.9. The molecule has 0 spiro atoms. The molecule has 1 fully saturated rings. The molecular formula is C26H25ClF3N9O2. The van der Waals surface area contributed by atoms with Gasteiger partial charge in [-0.25, -0.2) is 14.6 Å². The monoisotopic (exact) mass is 587 g/mol. The fraction of sp³-hybridized carbons (Fsp3) is 0.269. The molecule has 3 heterocycles. The Kier molecular flexibility index (Phi) is 7.44. The maximum atomic E-state index is 13.9. The van der Waals surface area contributed by atoms with E-state index in [1.807, 2.05) is 0 Å². The van der Waals surface area contributed by atoms with Crippen molar-refractivity contribution < 1.29 is 22.8 Å². The van der Waals surface area contributed by atoms with E-state index < -0.39 is 17.8 Å². The van der Waals surface area contributed by atoms with Crippen molar-refractivity contribution in [3.8, 4) is 17.1 Å². The van der Waals surface area contributed by atoms with Crippen LogP contribution in [0.3, 0.4) is 0 Å². The highest BCUT2D eigenvalue weighted by Gasteiger charge is 2.39. The highest BCUT2D eigenvalue weighted by molar-refractivity contribution is 6.34. The van der Waals surface area contributed by atoms with Gasteiger partial charge in [0.2, 0.25) is 0 Å². The molecule has 5 rings (SSSR count). The van der Waals surface area contributed by atoms with Crippen LogP contribution < -0.4 is 22.1 Å². The first kappa shape index (κ1) is 28.1. The number of benzene rings is 1. The number of halogens is 4. The number of anilines is 2. The third-order valence-electron chi connectivity index (χ3n) is 6.74. The number of carbonyl (C=O) groups excluding carboxylic acids is 2. The SMILES string of the molecule is Cn1c(-c2cn(-c3ccc(N)cn3)nc2C(F)(F)F)cnc1C(=O)Nc1ccc(C(=O)N[C@@H]2CC[C@@H](N)C2)c(Cl)c1. The van der Waals surface area contributed by atoms with Gasteiger partial charge in [-0.1, -0.05) is 11.6 Å². The quantitative estimate of drug-likeness (QED) is 0.267. The van der Waals surface area contributed by atoms with Crippen molar-refractivity contribution in [1.29, 1.82) is 0 Å². The van der Waals surface area contributed by atoms with Crippen molar-refractivity contribution in [2.24, 2.45) is 12.8 Å². The first-order valence-electron chi connectivity index (χ1n) is 12.5. The summed E-state index contributed by atoms with van der Waals surface area (Å²) >= 11 is 6.32. The number of carbonyl (C=O) groups is 2. The van der Waals surface area contributed by atoms with E-state index in [1.165, 1.54) is 48.1 Å². The van der Waals surface area contributed by atoms with Crippen molar-refractivity contribution in [3.63, 3.8) is 0 Å². The normalized spacial score (nSPS) is 17.0. The van der Waals surface area contributed by atoms with Crippen LogP contribution >= 0.6 is 11.6 Å². The van der Waals surface area contributed by atoms with Crippen LogP contribution in [-0.4, -0.2) is 48.2 Å². The number of imidazole rings is 1. The van der Waals surface area contributed by atoms with Gasteiger partial charge in [-0.3, -0.25) is 9.59 Å². The molecule has 2 atom stereocenters. The van der Waals surface area contributed by atoms with Crippen LogP contribution in [0.5, 0.6) is 0 Å². The lowest BCUT2D eigenvalue weighted by atomic mass is 10.1. The van der Waals surface area contributed by atoms with Gasteiger partial charge in [0.15, 0.2) is 17.3 Å². The van der Waals surface area contributed by atoms with E-state index in [0.29, 0.717) is 12.1 Å². The lowest BCUT2D eigenvalue weighted by Crippen LogP contribution is -2.34. The fourth-order valence-electron chi connectivity index (χ4n) is 4.67. The Bertz CT molecular complexity index is 1620. The number of pyridine rings is 1. The number of amides is 2. The van der Waals surface area contributed by atoms with Gasteiger partial charge in [-0.15, -0.1) is 0 Å². The molecule has 4 aromatic rings. The molecule has 6 N–H and O–H groups in total. The minimum atomic E-state index is -4.80. The second-order valence-corrected chi connectivity index (χ2v) is 10.1. The topological polar surface area (TPSA) is 159 Å². The molecule has 0 bridgehead atoms. The smallest absolute Gasteiger partial charge is 0.397 e. The minimum absolute atomic E-state index is 0.000789. The molecule has 0 aliphatic heterocycles. The summed E-state index contributed by atoms with van der Waals surface area (Å²) in [5.74, 6) is -1.09. The first-order valence-corrected chi connectivity index (χ1v) is 12.9. The van der Waals surface area contributed by atoms with Crippen molar-refractivity contribution in [2.75, 3.05) is 11.1 Å². The van der Waals surface area contributed by atoms with E-state index >= 15 is 0 Å². The van der Waals surface area contributed by atoms with Gasteiger partial charge in [-0.05, 0) is 49.6 Å². The van der Waals surface area contributed by atoms with Crippen LogP contribution in [0.15, 0.2) is 48.9 Å². The van der Waals surface area contributed by atoms with Gasteiger partial charge < -0.3 is 26.7 Å². The van der Waals surface area contributed by atoms with Crippen molar-refractivity contribution >= 4 is 34.8 Å². The molecule has 0 unspecified atom stereocenters. The molecule has 0 radical (unpaired) electrons. The lowest BCUT2D eigenvalue weighted by molar-refractivity contribution is -0.140. The molecular weight excluding hydrogens is 563 g/mol. The Labute approximate surface area is 236 Å². The highest BCUT2D eigenvalue weighted by atomic mass is 35.5. The zero-order valence-corrected chi connectivity index (χ0v) is 22.4. The Morgan fingerprint density at radius 1 is 1.10 bits per heavy atom. The van der Waals surface area contributed by atoms with Crippen LogP contribution in [0.1, 0.15) is 45.9 Å². The van der Waals surface area contributed by atoms with Crippen LogP contribution in [-0.2, 0) is 13.2 Å². The molecule has 214 valence electrons. The van der Waals surface area contributed by atoms with E-state index in [0.717, 1.165) is 29.9 Å². The summed E-state index contributed by atoms with van der Waals surface area (Å²) in [4.78, 5) is 33.7. The molecule has 1 aliphatic rings. The zero-order valence-electron chi connectivity index (χ0n) is 21.6. The highest BCUT2D eigenvalue weighted by Crippen LogP contribution is 2.37. The number of hydrogen-bond donors (Lipinski definition) is 4. The molecule has 11 nitrogen and oxygen atoms in total. The van der Waals surface area contributed by atoms with E-state index in [2.05, 4.69) is 25.7 Å². The van der Waals surface area contributed by atoms with Crippen molar-refractivity contribution in [2.45, 2.75) is 37.5 Å². The number of hydrogen-bond acceptors (Lipinski definition) is 7. The van der Waals surface area contributed by atoms with Gasteiger partial charge >= 0.3 is 6.18 Å². The molecule has 15 heteroatoms. The molecule has 1 aliphatic carbocycles. The summed E-state index contributed by atoms with van der Waals surface area (Å²) in [6.07, 6.45) is 1.11. The fourth-order valence-corrected chi connectivity index (χ4v) is 4.93. The second-order valence-electron chi connectivity index (χ2n) is 9.70. The zero-order chi connectivity index (χ0) is 29.5. The van der Waals surface area contributed by atoms with Gasteiger partial charge in [-0.2, -0.15) is 18.3 Å². The summed E-state index contributed by atoms with van der Waals surface area (Å²) < 4.78 is 43.9. The Morgan fingerprint density at radius 3 is 2.51 bits per heavy atom. The number of nitrogens with two attached hydrogens (primary N) is 2. The van der Waals surface area contributed by atoms with E-state index in [-0.39, 0.29) is 57.2 Å². The molecule has 1 saturated carbocycles. The van der Waals surface area contributed by atoms with Crippen LogP contribution in [0.25, 0.3) is 17.1 Å². The average Bonchev–Trinajstić information content (AvgIpc) is 3.62. The number of alkyl halides is 3. The van der Waals surface area contributed by atoms with Crippen molar-refractivity contribution in [3.05, 3.63) is 71.0 Å². The van der Waals surface area contributed by atoms with Gasteiger partial charge in [0, 0.05) is 31.0 Å². The van der Waals surface area contributed by atoms with Crippen LogP contribution in [0.2, 0.25) is 5.02 Å². The number of aromatic nitrogens is 5. The lowest BCUT2D eigenvalue weighted by Gasteiger charge is -2.14. The summed E-state index contributed by atoms with van der Waals surface area (Å²) in [6, 6.07) is 7.31. The van der Waals surface area contributed by atoms with Gasteiger partial charge in [0.05, 0.1) is 39.9 Å². The Morgan fingerprint density at radius 2 is 1.88 bits per heavy atom. The number of nitrogens with zero attached hydrogens (tertiary/aromatic N) is 5. The summed E-state index contributed by atoms with van der Waals surface area (Å²) in [5.41, 5.74) is 10.9. The third kappa shape index (κ3) is 5.88. The minimum Gasteiger partial charge on any atom is -0.397 e.